The Morgan fingerprint density at radius 2 is 2.16 bits per heavy atom. The Kier molecular flexibility index (Phi) is 5.76. The Morgan fingerprint density at radius 1 is 1.47 bits per heavy atom. The minimum atomic E-state index is -0.873. The summed E-state index contributed by atoms with van der Waals surface area (Å²) in [5.41, 5.74) is 0.871. The minimum absolute atomic E-state index is 0.217. The van der Waals surface area contributed by atoms with Gasteiger partial charge in [-0.2, -0.15) is 0 Å². The molecule has 5 heteroatoms. The lowest BCUT2D eigenvalue weighted by Gasteiger charge is -2.15. The Balaban J connectivity index is 2.50. The smallest absolute Gasteiger partial charge is 0.320 e. The van der Waals surface area contributed by atoms with Crippen molar-refractivity contribution < 1.29 is 19.0 Å². The Morgan fingerprint density at radius 3 is 2.68 bits per heavy atom. The van der Waals surface area contributed by atoms with Gasteiger partial charge in [-0.15, -0.1) is 0 Å². The number of hydrogen-bond acceptors (Lipinski definition) is 3. The number of carbonyl (C=O) groups is 1. The van der Waals surface area contributed by atoms with Crippen molar-refractivity contribution in [3.8, 4) is 5.75 Å². The standard InChI is InChI=1S/C14H20FNO3/c1-9(8-16-10(2)14(17)18)6-11-4-5-13(19-3)12(15)7-11/h4-5,7,9-10,16H,6,8H2,1-3H3,(H,17,18). The second-order valence-corrected chi connectivity index (χ2v) is 4.75. The molecule has 0 saturated heterocycles. The zero-order chi connectivity index (χ0) is 14.4. The fourth-order valence-electron chi connectivity index (χ4n) is 1.78. The molecule has 0 amide bonds. The maximum atomic E-state index is 13.5. The van der Waals surface area contributed by atoms with E-state index < -0.39 is 12.0 Å². The van der Waals surface area contributed by atoms with Crippen LogP contribution in [-0.4, -0.2) is 30.8 Å². The number of halogens is 1. The van der Waals surface area contributed by atoms with Crippen LogP contribution < -0.4 is 10.1 Å². The SMILES string of the molecule is COc1ccc(CC(C)CNC(C)C(=O)O)cc1F. The van der Waals surface area contributed by atoms with Crippen LogP contribution in [0.15, 0.2) is 18.2 Å². The van der Waals surface area contributed by atoms with Gasteiger partial charge in [-0.3, -0.25) is 4.79 Å². The predicted octanol–water partition coefficient (Wildman–Crippen LogP) is 2.08. The van der Waals surface area contributed by atoms with Crippen molar-refractivity contribution in [1.29, 1.82) is 0 Å². The Hall–Kier alpha value is -1.62. The molecule has 1 aromatic carbocycles. The summed E-state index contributed by atoms with van der Waals surface area (Å²) in [7, 11) is 1.43. The molecular formula is C14H20FNO3. The monoisotopic (exact) mass is 269 g/mol. The number of hydrogen-bond donors (Lipinski definition) is 2. The molecule has 0 saturated carbocycles. The first-order valence-corrected chi connectivity index (χ1v) is 6.22. The van der Waals surface area contributed by atoms with Crippen LogP contribution in [0.5, 0.6) is 5.75 Å². The van der Waals surface area contributed by atoms with Crippen LogP contribution in [0.25, 0.3) is 0 Å². The molecule has 0 heterocycles. The maximum absolute atomic E-state index is 13.5. The van der Waals surface area contributed by atoms with Gasteiger partial charge in [0.05, 0.1) is 7.11 Å². The summed E-state index contributed by atoms with van der Waals surface area (Å²) < 4.78 is 18.4. The number of ether oxygens (including phenoxy) is 1. The van der Waals surface area contributed by atoms with Crippen molar-refractivity contribution in [2.45, 2.75) is 26.3 Å². The van der Waals surface area contributed by atoms with E-state index in [1.165, 1.54) is 13.2 Å². The number of methoxy groups -OCH3 is 1. The molecule has 0 aliphatic rings. The van der Waals surface area contributed by atoms with E-state index in [-0.39, 0.29) is 17.5 Å². The predicted molar refractivity (Wildman–Crippen MR) is 70.9 cm³/mol. The zero-order valence-electron chi connectivity index (χ0n) is 11.4. The van der Waals surface area contributed by atoms with Gasteiger partial charge in [-0.1, -0.05) is 13.0 Å². The van der Waals surface area contributed by atoms with E-state index >= 15 is 0 Å². The lowest BCUT2D eigenvalue weighted by atomic mass is 10.0. The van der Waals surface area contributed by atoms with Gasteiger partial charge in [0, 0.05) is 0 Å². The highest BCUT2D eigenvalue weighted by atomic mass is 19.1. The van der Waals surface area contributed by atoms with E-state index in [0.717, 1.165) is 5.56 Å². The third-order valence-electron chi connectivity index (χ3n) is 2.94. The summed E-state index contributed by atoms with van der Waals surface area (Å²) in [6, 6.07) is 4.30. The second-order valence-electron chi connectivity index (χ2n) is 4.75. The molecule has 4 nitrogen and oxygen atoms in total. The third kappa shape index (κ3) is 4.87. The molecule has 0 spiro atoms. The van der Waals surface area contributed by atoms with Gasteiger partial charge >= 0.3 is 5.97 Å². The van der Waals surface area contributed by atoms with Crippen molar-refractivity contribution >= 4 is 5.97 Å². The topological polar surface area (TPSA) is 58.6 Å². The van der Waals surface area contributed by atoms with Gasteiger partial charge in [-0.25, -0.2) is 4.39 Å². The highest BCUT2D eigenvalue weighted by Crippen LogP contribution is 2.19. The molecule has 0 aromatic heterocycles. The first kappa shape index (κ1) is 15.4. The van der Waals surface area contributed by atoms with Crippen molar-refractivity contribution in [3.63, 3.8) is 0 Å². The molecular weight excluding hydrogens is 249 g/mol. The van der Waals surface area contributed by atoms with Crippen molar-refractivity contribution in [1.82, 2.24) is 5.32 Å². The number of benzene rings is 1. The van der Waals surface area contributed by atoms with Crippen LogP contribution in [-0.2, 0) is 11.2 Å². The quantitative estimate of drug-likeness (QED) is 0.795. The van der Waals surface area contributed by atoms with Crippen LogP contribution in [0.1, 0.15) is 19.4 Å². The van der Waals surface area contributed by atoms with Gasteiger partial charge in [0.15, 0.2) is 11.6 Å². The van der Waals surface area contributed by atoms with E-state index in [4.69, 9.17) is 9.84 Å². The van der Waals surface area contributed by atoms with Gasteiger partial charge in [0.1, 0.15) is 6.04 Å². The van der Waals surface area contributed by atoms with Crippen LogP contribution in [0.2, 0.25) is 0 Å². The van der Waals surface area contributed by atoms with Crippen molar-refractivity contribution in [2.75, 3.05) is 13.7 Å². The van der Waals surface area contributed by atoms with Crippen LogP contribution >= 0.6 is 0 Å². The molecule has 2 unspecified atom stereocenters. The molecule has 106 valence electrons. The van der Waals surface area contributed by atoms with E-state index in [1.807, 2.05) is 13.0 Å². The van der Waals surface area contributed by atoms with E-state index in [1.54, 1.807) is 13.0 Å². The lowest BCUT2D eigenvalue weighted by Crippen LogP contribution is -2.36. The summed E-state index contributed by atoms with van der Waals surface area (Å²) >= 11 is 0. The molecule has 19 heavy (non-hydrogen) atoms. The summed E-state index contributed by atoms with van der Waals surface area (Å²) in [5.74, 6) is -0.801. The van der Waals surface area contributed by atoms with Crippen LogP contribution in [0.3, 0.4) is 0 Å². The molecule has 0 fully saturated rings. The largest absolute Gasteiger partial charge is 0.494 e. The molecule has 0 aliphatic carbocycles. The van der Waals surface area contributed by atoms with Crippen LogP contribution in [0.4, 0.5) is 4.39 Å². The van der Waals surface area contributed by atoms with E-state index in [0.29, 0.717) is 13.0 Å². The van der Waals surface area contributed by atoms with Crippen molar-refractivity contribution in [2.24, 2.45) is 5.92 Å². The summed E-state index contributed by atoms with van der Waals surface area (Å²) in [5, 5.41) is 11.7. The Labute approximate surface area is 112 Å². The third-order valence-corrected chi connectivity index (χ3v) is 2.94. The van der Waals surface area contributed by atoms with Gasteiger partial charge in [-0.05, 0) is 43.5 Å². The average molecular weight is 269 g/mol. The fraction of sp³-hybridized carbons (Fsp3) is 0.500. The first-order chi connectivity index (χ1) is 8.93. The maximum Gasteiger partial charge on any atom is 0.320 e. The summed E-state index contributed by atoms with van der Waals surface area (Å²) in [6.07, 6.45) is 0.681. The first-order valence-electron chi connectivity index (χ1n) is 6.22. The summed E-state index contributed by atoms with van der Waals surface area (Å²) in [6.45, 7) is 4.16. The molecule has 0 radical (unpaired) electrons. The molecule has 2 atom stereocenters. The van der Waals surface area contributed by atoms with Gasteiger partial charge < -0.3 is 15.2 Å². The highest BCUT2D eigenvalue weighted by Gasteiger charge is 2.12. The lowest BCUT2D eigenvalue weighted by molar-refractivity contribution is -0.139. The van der Waals surface area contributed by atoms with Gasteiger partial charge in [0.2, 0.25) is 0 Å². The molecule has 1 rings (SSSR count). The number of nitrogens with one attached hydrogen (secondary N) is 1. The zero-order valence-corrected chi connectivity index (χ0v) is 11.4. The molecule has 2 N–H and O–H groups in total. The number of carboxylic acids is 1. The number of rotatable bonds is 7. The fourth-order valence-corrected chi connectivity index (χ4v) is 1.78. The summed E-state index contributed by atoms with van der Waals surface area (Å²) in [4.78, 5) is 10.7. The van der Waals surface area contributed by atoms with E-state index in [2.05, 4.69) is 5.32 Å². The normalized spacial score (nSPS) is 13.9. The minimum Gasteiger partial charge on any atom is -0.494 e. The number of aliphatic carboxylic acids is 1. The Bertz CT molecular complexity index is 437. The number of carboxylic acid groups (broad SMARTS) is 1. The molecule has 1 aromatic rings. The highest BCUT2D eigenvalue weighted by molar-refractivity contribution is 5.72. The molecule has 0 aliphatic heterocycles. The second kappa shape index (κ2) is 7.09. The van der Waals surface area contributed by atoms with E-state index in [9.17, 15) is 9.18 Å². The van der Waals surface area contributed by atoms with Gasteiger partial charge in [0.25, 0.3) is 0 Å². The molecule has 0 bridgehead atoms. The average Bonchev–Trinajstić information content (AvgIpc) is 2.36. The van der Waals surface area contributed by atoms with Crippen molar-refractivity contribution in [3.05, 3.63) is 29.6 Å². The van der Waals surface area contributed by atoms with Crippen LogP contribution in [0, 0.1) is 11.7 Å².